The van der Waals surface area contributed by atoms with Crippen LogP contribution < -0.4 is 9.62 Å². The molecule has 2 aromatic rings. The summed E-state index contributed by atoms with van der Waals surface area (Å²) in [5.74, 6) is -4.04. The van der Waals surface area contributed by atoms with E-state index in [1.54, 1.807) is 4.90 Å². The van der Waals surface area contributed by atoms with Crippen LogP contribution in [0.4, 0.5) is 24.7 Å². The van der Waals surface area contributed by atoms with Crippen molar-refractivity contribution in [3.8, 4) is 0 Å². The lowest BCUT2D eigenvalue weighted by Crippen LogP contribution is -2.57. The molecule has 3 rings (SSSR count). The average molecular weight is 477 g/mol. The first kappa shape index (κ1) is 23.6. The van der Waals surface area contributed by atoms with Gasteiger partial charge in [0.25, 0.3) is 10.0 Å². The highest BCUT2D eigenvalue weighted by molar-refractivity contribution is 7.92. The molecule has 1 aliphatic rings. The third-order valence-electron chi connectivity index (χ3n) is 5.55. The Morgan fingerprint density at radius 3 is 2.52 bits per heavy atom. The maximum absolute atomic E-state index is 14.9. The van der Waals surface area contributed by atoms with E-state index >= 15 is 0 Å². The van der Waals surface area contributed by atoms with E-state index in [1.165, 1.54) is 6.07 Å². The molecule has 6 nitrogen and oxygen atoms in total. The van der Waals surface area contributed by atoms with Crippen molar-refractivity contribution >= 4 is 33.1 Å². The third kappa shape index (κ3) is 4.91. The number of hydrogen-bond donors (Lipinski definition) is 1. The lowest BCUT2D eigenvalue weighted by molar-refractivity contribution is 0.164. The van der Waals surface area contributed by atoms with Crippen LogP contribution in [0.25, 0.3) is 0 Å². The third-order valence-corrected chi connectivity index (χ3v) is 7.30. The van der Waals surface area contributed by atoms with Crippen LogP contribution in [0, 0.1) is 23.0 Å². The lowest BCUT2D eigenvalue weighted by atomic mass is 9.74. The number of hydrogen-bond acceptors (Lipinski definition) is 5. The van der Waals surface area contributed by atoms with Crippen molar-refractivity contribution in [3.05, 3.63) is 46.9 Å². The van der Waals surface area contributed by atoms with Crippen molar-refractivity contribution in [2.24, 2.45) is 5.41 Å². The van der Waals surface area contributed by atoms with Gasteiger partial charge in [-0.15, -0.1) is 0 Å². The van der Waals surface area contributed by atoms with Crippen molar-refractivity contribution in [2.75, 3.05) is 43.4 Å². The smallest absolute Gasteiger partial charge is 0.268 e. The van der Waals surface area contributed by atoms with Crippen molar-refractivity contribution in [2.45, 2.75) is 24.7 Å². The maximum Gasteiger partial charge on any atom is 0.268 e. The second-order valence-electron chi connectivity index (χ2n) is 8.05. The zero-order valence-corrected chi connectivity index (χ0v) is 19.0. The van der Waals surface area contributed by atoms with Gasteiger partial charge in [0.15, 0.2) is 10.7 Å². The Kier molecular flexibility index (Phi) is 6.73. The molecule has 0 bridgehead atoms. The minimum atomic E-state index is -4.73. The summed E-state index contributed by atoms with van der Waals surface area (Å²) in [5.41, 5.74) is 0.115. The number of pyridine rings is 1. The van der Waals surface area contributed by atoms with Crippen LogP contribution in [0.15, 0.2) is 29.2 Å². The van der Waals surface area contributed by atoms with E-state index < -0.39 is 43.3 Å². The number of nitrogens with one attached hydrogen (secondary N) is 1. The Labute approximate surface area is 185 Å². The molecule has 0 amide bonds. The van der Waals surface area contributed by atoms with Crippen molar-refractivity contribution in [1.29, 1.82) is 0 Å². The quantitative estimate of drug-likeness (QED) is 0.458. The van der Waals surface area contributed by atoms with Gasteiger partial charge in [0.1, 0.15) is 16.7 Å². The maximum atomic E-state index is 14.9. The molecule has 1 saturated heterocycles. The van der Waals surface area contributed by atoms with Gasteiger partial charge in [-0.2, -0.15) is 4.39 Å². The summed E-state index contributed by atoms with van der Waals surface area (Å²) in [6.45, 7) is 4.08. The second kappa shape index (κ2) is 8.84. The minimum Gasteiger partial charge on any atom is -0.369 e. The molecule has 0 saturated carbocycles. The van der Waals surface area contributed by atoms with Crippen molar-refractivity contribution in [3.63, 3.8) is 0 Å². The molecule has 2 heterocycles. The molecule has 1 fully saturated rings. The van der Waals surface area contributed by atoms with Gasteiger partial charge in [0.2, 0.25) is 5.95 Å². The molecule has 170 valence electrons. The number of rotatable bonds is 8. The van der Waals surface area contributed by atoms with Crippen molar-refractivity contribution < 1.29 is 21.6 Å². The highest BCUT2D eigenvalue weighted by Crippen LogP contribution is 2.44. The standard InChI is InChI=1S/C20H24ClF3N4O2S/c1-4-20(8-9-27(2)3)11-28(12-20)14-10-13(22)19(18(24)17(14)21)31(29,30)26-16-7-5-6-15(23)25-16/h5-7,10H,4,8-9,11-12H2,1-3H3,(H,25,26). The molecule has 0 unspecified atom stereocenters. The van der Waals surface area contributed by atoms with Gasteiger partial charge in [-0.3, -0.25) is 4.72 Å². The first-order valence-electron chi connectivity index (χ1n) is 9.70. The summed E-state index contributed by atoms with van der Waals surface area (Å²) in [6.07, 6.45) is 1.82. The van der Waals surface area contributed by atoms with E-state index in [1.807, 2.05) is 18.8 Å². The van der Waals surface area contributed by atoms with Crippen LogP contribution in [0.5, 0.6) is 0 Å². The molecule has 31 heavy (non-hydrogen) atoms. The Morgan fingerprint density at radius 2 is 1.94 bits per heavy atom. The van der Waals surface area contributed by atoms with Crippen LogP contribution in [-0.2, 0) is 10.0 Å². The van der Waals surface area contributed by atoms with E-state index in [4.69, 9.17) is 11.6 Å². The van der Waals surface area contributed by atoms with Crippen LogP contribution in [0.3, 0.4) is 0 Å². The van der Waals surface area contributed by atoms with Crippen LogP contribution in [0.1, 0.15) is 19.8 Å². The number of anilines is 2. The van der Waals surface area contributed by atoms with E-state index in [0.717, 1.165) is 37.6 Å². The first-order valence-corrected chi connectivity index (χ1v) is 11.6. The van der Waals surface area contributed by atoms with Crippen LogP contribution in [-0.4, -0.2) is 52.0 Å². The molecule has 1 aliphatic heterocycles. The number of aromatic nitrogens is 1. The van der Waals surface area contributed by atoms with Gasteiger partial charge >= 0.3 is 0 Å². The minimum absolute atomic E-state index is 0.00983. The Morgan fingerprint density at radius 1 is 1.26 bits per heavy atom. The summed E-state index contributed by atoms with van der Waals surface area (Å²) >= 11 is 6.12. The topological polar surface area (TPSA) is 65.5 Å². The fourth-order valence-electron chi connectivity index (χ4n) is 3.65. The normalized spacial score (nSPS) is 15.8. The highest BCUT2D eigenvalue weighted by Gasteiger charge is 2.43. The van der Waals surface area contributed by atoms with Crippen LogP contribution in [0.2, 0.25) is 5.02 Å². The molecule has 1 N–H and O–H groups in total. The highest BCUT2D eigenvalue weighted by atomic mass is 35.5. The van der Waals surface area contributed by atoms with Gasteiger partial charge < -0.3 is 9.80 Å². The second-order valence-corrected chi connectivity index (χ2v) is 10.0. The molecular formula is C20H24ClF3N4O2S. The van der Waals surface area contributed by atoms with Gasteiger partial charge in [-0.05, 0) is 45.6 Å². The van der Waals surface area contributed by atoms with E-state index in [0.29, 0.717) is 13.1 Å². The molecule has 1 aromatic carbocycles. The summed E-state index contributed by atoms with van der Waals surface area (Å²) in [6, 6.07) is 4.30. The summed E-state index contributed by atoms with van der Waals surface area (Å²) in [4.78, 5) is 5.93. The lowest BCUT2D eigenvalue weighted by Gasteiger charge is -2.52. The average Bonchev–Trinajstić information content (AvgIpc) is 2.64. The summed E-state index contributed by atoms with van der Waals surface area (Å²) < 4.78 is 69.9. The fourth-order valence-corrected chi connectivity index (χ4v) is 5.12. The van der Waals surface area contributed by atoms with Gasteiger partial charge in [-0.25, -0.2) is 22.2 Å². The predicted molar refractivity (Wildman–Crippen MR) is 114 cm³/mol. The van der Waals surface area contributed by atoms with Gasteiger partial charge in [0.05, 0.1) is 5.69 Å². The zero-order valence-electron chi connectivity index (χ0n) is 17.4. The SMILES string of the molecule is CCC1(CCN(C)C)CN(c2cc(F)c(S(=O)(=O)Nc3cccc(F)n3)c(F)c2Cl)C1. The monoisotopic (exact) mass is 476 g/mol. The molecule has 11 heteroatoms. The molecular weight excluding hydrogens is 453 g/mol. The van der Waals surface area contributed by atoms with Crippen molar-refractivity contribution in [1.82, 2.24) is 9.88 Å². The van der Waals surface area contributed by atoms with E-state index in [9.17, 15) is 21.6 Å². The summed E-state index contributed by atoms with van der Waals surface area (Å²) in [7, 11) is -0.768. The molecule has 0 atom stereocenters. The van der Waals surface area contributed by atoms with Gasteiger partial charge in [0, 0.05) is 24.6 Å². The summed E-state index contributed by atoms with van der Waals surface area (Å²) in [5, 5.41) is -0.480. The molecule has 0 spiro atoms. The Hall–Kier alpha value is -2.04. The van der Waals surface area contributed by atoms with Gasteiger partial charge in [-0.1, -0.05) is 24.6 Å². The molecule has 0 aliphatic carbocycles. The first-order chi connectivity index (χ1) is 14.5. The largest absolute Gasteiger partial charge is 0.369 e. The van der Waals surface area contributed by atoms with Crippen LogP contribution >= 0.6 is 11.6 Å². The number of nitrogens with zero attached hydrogens (tertiary/aromatic N) is 3. The number of benzene rings is 1. The Balaban J connectivity index is 1.86. The molecule has 1 aromatic heterocycles. The number of sulfonamides is 1. The Bertz CT molecular complexity index is 1080. The predicted octanol–water partition coefficient (Wildman–Crippen LogP) is 4.12. The fraction of sp³-hybridized carbons (Fsp3) is 0.450. The molecule has 0 radical (unpaired) electrons. The number of halogens is 4. The van der Waals surface area contributed by atoms with E-state index in [-0.39, 0.29) is 11.1 Å². The van der Waals surface area contributed by atoms with E-state index in [2.05, 4.69) is 16.8 Å². The zero-order chi connectivity index (χ0) is 23.0.